The quantitative estimate of drug-likeness (QED) is 0.894. The van der Waals surface area contributed by atoms with Gasteiger partial charge in [0.05, 0.1) is 25.0 Å². The van der Waals surface area contributed by atoms with Crippen LogP contribution in [0.25, 0.3) is 11.1 Å². The van der Waals surface area contributed by atoms with Crippen LogP contribution in [-0.2, 0) is 20.7 Å². The number of piperidine rings is 1. The van der Waals surface area contributed by atoms with Gasteiger partial charge in [-0.2, -0.15) is 0 Å². The summed E-state index contributed by atoms with van der Waals surface area (Å²) in [5.41, 5.74) is 2.96. The molecule has 2 aliphatic heterocycles. The summed E-state index contributed by atoms with van der Waals surface area (Å²) in [5.74, 6) is 0.191. The van der Waals surface area contributed by atoms with E-state index in [1.165, 1.54) is 5.56 Å². The third-order valence-electron chi connectivity index (χ3n) is 5.76. The Kier molecular flexibility index (Phi) is 5.44. The molecule has 2 heterocycles. The monoisotopic (exact) mass is 378 g/mol. The number of nitrogens with zero attached hydrogens (tertiary/aromatic N) is 1. The summed E-state index contributed by atoms with van der Waals surface area (Å²) < 4.78 is 5.98. The lowest BCUT2D eigenvalue weighted by molar-refractivity contribution is -0.139. The SMILES string of the molecule is O=C1CC2(CCN(C(=O)Cc3ccc(-c4ccccc4)cc3)CC2)OCCN1. The lowest BCUT2D eigenvalue weighted by Gasteiger charge is -2.40. The molecule has 0 saturated carbocycles. The van der Waals surface area contributed by atoms with Crippen LogP contribution in [0, 0.1) is 0 Å². The first kappa shape index (κ1) is 18.7. The number of likely N-dealkylation sites (tertiary alicyclic amines) is 1. The minimum atomic E-state index is -0.394. The average Bonchev–Trinajstić information content (AvgIpc) is 2.90. The molecule has 2 aromatic rings. The Hall–Kier alpha value is -2.66. The maximum absolute atomic E-state index is 12.7. The molecule has 5 heteroatoms. The van der Waals surface area contributed by atoms with Gasteiger partial charge in [0.25, 0.3) is 0 Å². The Labute approximate surface area is 165 Å². The molecule has 0 atom stereocenters. The van der Waals surface area contributed by atoms with Gasteiger partial charge in [0, 0.05) is 19.6 Å². The molecule has 2 amide bonds. The molecule has 0 aliphatic carbocycles. The summed E-state index contributed by atoms with van der Waals surface area (Å²) in [7, 11) is 0. The molecule has 0 aromatic heterocycles. The zero-order valence-corrected chi connectivity index (χ0v) is 16.0. The van der Waals surface area contributed by atoms with E-state index in [-0.39, 0.29) is 11.8 Å². The maximum atomic E-state index is 12.7. The highest BCUT2D eigenvalue weighted by molar-refractivity contribution is 5.80. The van der Waals surface area contributed by atoms with Gasteiger partial charge in [-0.15, -0.1) is 0 Å². The summed E-state index contributed by atoms with van der Waals surface area (Å²) in [6, 6.07) is 18.4. The summed E-state index contributed by atoms with van der Waals surface area (Å²) in [6.07, 6.45) is 2.25. The van der Waals surface area contributed by atoms with Gasteiger partial charge in [-0.05, 0) is 29.5 Å². The first-order valence-electron chi connectivity index (χ1n) is 9.96. The van der Waals surface area contributed by atoms with Crippen LogP contribution in [0.1, 0.15) is 24.8 Å². The van der Waals surface area contributed by atoms with Crippen molar-refractivity contribution in [1.29, 1.82) is 0 Å². The molecule has 2 saturated heterocycles. The zero-order valence-electron chi connectivity index (χ0n) is 16.0. The van der Waals surface area contributed by atoms with Crippen LogP contribution >= 0.6 is 0 Å². The molecule has 0 radical (unpaired) electrons. The molecule has 4 rings (SSSR count). The Morgan fingerprint density at radius 3 is 2.39 bits per heavy atom. The van der Waals surface area contributed by atoms with Crippen molar-refractivity contribution in [3.05, 3.63) is 60.2 Å². The summed E-state index contributed by atoms with van der Waals surface area (Å²) in [5, 5.41) is 2.85. The molecule has 2 fully saturated rings. The third-order valence-corrected chi connectivity index (χ3v) is 5.76. The summed E-state index contributed by atoms with van der Waals surface area (Å²) in [4.78, 5) is 26.5. The van der Waals surface area contributed by atoms with Gasteiger partial charge in [0.1, 0.15) is 0 Å². The largest absolute Gasteiger partial charge is 0.372 e. The lowest BCUT2D eigenvalue weighted by Crippen LogP contribution is -2.49. The van der Waals surface area contributed by atoms with E-state index in [4.69, 9.17) is 4.74 Å². The fraction of sp³-hybridized carbons (Fsp3) is 0.391. The Morgan fingerprint density at radius 1 is 1.00 bits per heavy atom. The van der Waals surface area contributed by atoms with Gasteiger partial charge in [-0.25, -0.2) is 0 Å². The molecule has 0 unspecified atom stereocenters. The van der Waals surface area contributed by atoms with Gasteiger partial charge >= 0.3 is 0 Å². The first-order valence-corrected chi connectivity index (χ1v) is 9.96. The zero-order chi connectivity index (χ0) is 19.4. The summed E-state index contributed by atoms with van der Waals surface area (Å²) in [6.45, 7) is 2.41. The number of benzene rings is 2. The van der Waals surface area contributed by atoms with E-state index >= 15 is 0 Å². The van der Waals surface area contributed by atoms with E-state index in [1.54, 1.807) is 0 Å². The van der Waals surface area contributed by atoms with Crippen molar-refractivity contribution in [3.63, 3.8) is 0 Å². The van der Waals surface area contributed by atoms with Crippen molar-refractivity contribution in [2.24, 2.45) is 0 Å². The fourth-order valence-corrected chi connectivity index (χ4v) is 4.08. The van der Waals surface area contributed by atoms with E-state index in [0.29, 0.717) is 39.1 Å². The van der Waals surface area contributed by atoms with E-state index in [2.05, 4.69) is 29.6 Å². The smallest absolute Gasteiger partial charge is 0.226 e. The molecule has 1 N–H and O–H groups in total. The number of carbonyl (C=O) groups excluding carboxylic acids is 2. The molecule has 1 spiro atoms. The second kappa shape index (κ2) is 8.15. The predicted molar refractivity (Wildman–Crippen MR) is 108 cm³/mol. The van der Waals surface area contributed by atoms with Crippen molar-refractivity contribution in [2.45, 2.75) is 31.3 Å². The van der Waals surface area contributed by atoms with Crippen LogP contribution in [0.4, 0.5) is 0 Å². The molecule has 28 heavy (non-hydrogen) atoms. The second-order valence-electron chi connectivity index (χ2n) is 7.68. The van der Waals surface area contributed by atoms with Gasteiger partial charge in [0.2, 0.25) is 11.8 Å². The van der Waals surface area contributed by atoms with Crippen molar-refractivity contribution in [3.8, 4) is 11.1 Å². The molecular formula is C23H26N2O3. The number of ether oxygens (including phenoxy) is 1. The second-order valence-corrected chi connectivity index (χ2v) is 7.68. The van der Waals surface area contributed by atoms with Crippen LogP contribution in [0.3, 0.4) is 0 Å². The van der Waals surface area contributed by atoms with Crippen molar-refractivity contribution in [2.75, 3.05) is 26.2 Å². The minimum absolute atomic E-state index is 0.0517. The van der Waals surface area contributed by atoms with Crippen LogP contribution in [0.5, 0.6) is 0 Å². The first-order chi connectivity index (χ1) is 13.6. The Bertz CT molecular complexity index is 825. The van der Waals surface area contributed by atoms with E-state index < -0.39 is 5.60 Å². The molecule has 146 valence electrons. The molecular weight excluding hydrogens is 352 g/mol. The van der Waals surface area contributed by atoms with Crippen molar-refractivity contribution < 1.29 is 14.3 Å². The van der Waals surface area contributed by atoms with Gasteiger partial charge in [-0.1, -0.05) is 54.6 Å². The van der Waals surface area contributed by atoms with Gasteiger partial charge in [0.15, 0.2) is 0 Å². The lowest BCUT2D eigenvalue weighted by atomic mass is 9.87. The van der Waals surface area contributed by atoms with Crippen LogP contribution < -0.4 is 5.32 Å². The number of nitrogens with one attached hydrogen (secondary N) is 1. The molecule has 5 nitrogen and oxygen atoms in total. The van der Waals surface area contributed by atoms with Gasteiger partial charge in [-0.3, -0.25) is 9.59 Å². The molecule has 0 bridgehead atoms. The highest BCUT2D eigenvalue weighted by Crippen LogP contribution is 2.31. The van der Waals surface area contributed by atoms with Crippen LogP contribution in [-0.4, -0.2) is 48.6 Å². The Balaban J connectivity index is 1.34. The van der Waals surface area contributed by atoms with Crippen molar-refractivity contribution in [1.82, 2.24) is 10.2 Å². The molecule has 2 aliphatic rings. The number of hydrogen-bond donors (Lipinski definition) is 1. The number of amides is 2. The third kappa shape index (κ3) is 4.25. The van der Waals surface area contributed by atoms with E-state index in [9.17, 15) is 9.59 Å². The fourth-order valence-electron chi connectivity index (χ4n) is 4.08. The normalized spacial score (nSPS) is 19.1. The summed E-state index contributed by atoms with van der Waals surface area (Å²) >= 11 is 0. The van der Waals surface area contributed by atoms with Crippen LogP contribution in [0.15, 0.2) is 54.6 Å². The molecule has 2 aromatic carbocycles. The Morgan fingerprint density at radius 2 is 1.68 bits per heavy atom. The van der Waals surface area contributed by atoms with Gasteiger partial charge < -0.3 is 15.0 Å². The highest BCUT2D eigenvalue weighted by Gasteiger charge is 2.39. The standard InChI is InChI=1S/C23H26N2O3/c26-21-17-23(28-15-12-24-21)10-13-25(14-11-23)22(27)16-18-6-8-20(9-7-18)19-4-2-1-3-5-19/h1-9H,10-17H2,(H,24,26). The van der Waals surface area contributed by atoms with Crippen LogP contribution in [0.2, 0.25) is 0 Å². The number of hydrogen-bond acceptors (Lipinski definition) is 3. The number of carbonyl (C=O) groups is 2. The minimum Gasteiger partial charge on any atom is -0.372 e. The number of rotatable bonds is 3. The van der Waals surface area contributed by atoms with Crippen molar-refractivity contribution >= 4 is 11.8 Å². The van der Waals surface area contributed by atoms with E-state index in [1.807, 2.05) is 35.2 Å². The van der Waals surface area contributed by atoms with E-state index in [0.717, 1.165) is 24.0 Å². The highest BCUT2D eigenvalue weighted by atomic mass is 16.5. The average molecular weight is 378 g/mol. The predicted octanol–water partition coefficient (Wildman–Crippen LogP) is 2.79. The maximum Gasteiger partial charge on any atom is 0.226 e. The topological polar surface area (TPSA) is 58.6 Å².